The minimum Gasteiger partial charge on any atom is -0.380 e. The standard InChI is InChI=1S/C15H20N4O/c1-4-20-9-8-17-14-11(2)12(3)18-15(19-14)13-6-5-7-16-10-13/h5-7,10H,4,8-9H2,1-3H3,(H,17,18,19). The molecule has 0 bridgehead atoms. The van der Waals surface area contributed by atoms with E-state index in [0.29, 0.717) is 12.4 Å². The molecule has 0 saturated carbocycles. The van der Waals surface area contributed by atoms with Crippen LogP contribution >= 0.6 is 0 Å². The maximum atomic E-state index is 5.32. The number of aromatic nitrogens is 3. The van der Waals surface area contributed by atoms with Crippen molar-refractivity contribution in [1.29, 1.82) is 0 Å². The van der Waals surface area contributed by atoms with E-state index in [9.17, 15) is 0 Å². The van der Waals surface area contributed by atoms with E-state index in [1.54, 1.807) is 12.4 Å². The summed E-state index contributed by atoms with van der Waals surface area (Å²) in [5, 5.41) is 3.30. The largest absolute Gasteiger partial charge is 0.380 e. The molecule has 0 aromatic carbocycles. The van der Waals surface area contributed by atoms with Crippen LogP contribution in [0.5, 0.6) is 0 Å². The Morgan fingerprint density at radius 1 is 1.25 bits per heavy atom. The fourth-order valence-electron chi connectivity index (χ4n) is 1.81. The second kappa shape index (κ2) is 6.96. The minimum absolute atomic E-state index is 0.668. The molecule has 0 aliphatic heterocycles. The first-order valence-electron chi connectivity index (χ1n) is 6.79. The molecule has 0 spiro atoms. The van der Waals surface area contributed by atoms with Gasteiger partial charge in [-0.2, -0.15) is 0 Å². The predicted molar refractivity (Wildman–Crippen MR) is 79.7 cm³/mol. The van der Waals surface area contributed by atoms with Crippen molar-refractivity contribution < 1.29 is 4.74 Å². The maximum absolute atomic E-state index is 5.32. The molecule has 0 unspecified atom stereocenters. The number of rotatable bonds is 6. The van der Waals surface area contributed by atoms with E-state index in [2.05, 4.69) is 20.3 Å². The zero-order valence-electron chi connectivity index (χ0n) is 12.2. The van der Waals surface area contributed by atoms with Crippen LogP contribution in [0.25, 0.3) is 11.4 Å². The normalized spacial score (nSPS) is 10.6. The minimum atomic E-state index is 0.668. The van der Waals surface area contributed by atoms with Crippen molar-refractivity contribution in [2.45, 2.75) is 20.8 Å². The summed E-state index contributed by atoms with van der Waals surface area (Å²) in [6.45, 7) is 8.12. The molecule has 2 heterocycles. The molecule has 0 aliphatic carbocycles. The highest BCUT2D eigenvalue weighted by Gasteiger charge is 2.09. The number of anilines is 1. The van der Waals surface area contributed by atoms with Crippen LogP contribution in [0.3, 0.4) is 0 Å². The number of hydrogen-bond donors (Lipinski definition) is 1. The van der Waals surface area contributed by atoms with Crippen molar-refractivity contribution >= 4 is 5.82 Å². The van der Waals surface area contributed by atoms with Crippen LogP contribution < -0.4 is 5.32 Å². The molecule has 0 fully saturated rings. The number of pyridine rings is 1. The van der Waals surface area contributed by atoms with Gasteiger partial charge in [0.05, 0.1) is 6.61 Å². The topological polar surface area (TPSA) is 59.9 Å². The lowest BCUT2D eigenvalue weighted by atomic mass is 10.2. The van der Waals surface area contributed by atoms with Gasteiger partial charge in [-0.25, -0.2) is 9.97 Å². The Morgan fingerprint density at radius 2 is 2.10 bits per heavy atom. The molecule has 5 nitrogen and oxygen atoms in total. The Kier molecular flexibility index (Phi) is 5.01. The third kappa shape index (κ3) is 3.51. The van der Waals surface area contributed by atoms with Gasteiger partial charge < -0.3 is 10.1 Å². The van der Waals surface area contributed by atoms with Gasteiger partial charge in [0.1, 0.15) is 5.82 Å². The van der Waals surface area contributed by atoms with Crippen molar-refractivity contribution in [3.05, 3.63) is 35.8 Å². The Balaban J connectivity index is 2.21. The molecule has 106 valence electrons. The van der Waals surface area contributed by atoms with E-state index < -0.39 is 0 Å². The van der Waals surface area contributed by atoms with Gasteiger partial charge in [0, 0.05) is 42.4 Å². The third-order valence-electron chi connectivity index (χ3n) is 3.05. The average Bonchev–Trinajstić information content (AvgIpc) is 2.48. The van der Waals surface area contributed by atoms with Crippen molar-refractivity contribution in [3.8, 4) is 11.4 Å². The summed E-state index contributed by atoms with van der Waals surface area (Å²) in [6, 6.07) is 3.84. The van der Waals surface area contributed by atoms with Crippen LogP contribution in [0, 0.1) is 13.8 Å². The van der Waals surface area contributed by atoms with Crippen LogP contribution in [0.4, 0.5) is 5.82 Å². The molecule has 2 aromatic heterocycles. The Bertz CT molecular complexity index is 557. The van der Waals surface area contributed by atoms with E-state index in [-0.39, 0.29) is 0 Å². The van der Waals surface area contributed by atoms with Crippen molar-refractivity contribution in [3.63, 3.8) is 0 Å². The van der Waals surface area contributed by atoms with Gasteiger partial charge in [-0.1, -0.05) is 0 Å². The summed E-state index contributed by atoms with van der Waals surface area (Å²) in [5.74, 6) is 1.55. The van der Waals surface area contributed by atoms with Crippen molar-refractivity contribution in [2.24, 2.45) is 0 Å². The molecular weight excluding hydrogens is 252 g/mol. The Labute approximate surface area is 119 Å². The van der Waals surface area contributed by atoms with E-state index in [0.717, 1.165) is 35.8 Å². The molecule has 0 atom stereocenters. The van der Waals surface area contributed by atoms with E-state index in [1.807, 2.05) is 32.9 Å². The predicted octanol–water partition coefficient (Wildman–Crippen LogP) is 2.60. The number of hydrogen-bond acceptors (Lipinski definition) is 5. The zero-order chi connectivity index (χ0) is 14.4. The van der Waals surface area contributed by atoms with Crippen LogP contribution in [-0.2, 0) is 4.74 Å². The number of ether oxygens (including phenoxy) is 1. The maximum Gasteiger partial charge on any atom is 0.163 e. The molecule has 0 saturated heterocycles. The first-order chi connectivity index (χ1) is 9.72. The highest BCUT2D eigenvalue weighted by atomic mass is 16.5. The molecule has 1 N–H and O–H groups in total. The van der Waals surface area contributed by atoms with Gasteiger partial charge in [-0.3, -0.25) is 4.98 Å². The monoisotopic (exact) mass is 272 g/mol. The lowest BCUT2D eigenvalue weighted by Gasteiger charge is -2.12. The first-order valence-corrected chi connectivity index (χ1v) is 6.79. The lowest BCUT2D eigenvalue weighted by molar-refractivity contribution is 0.158. The molecule has 5 heteroatoms. The van der Waals surface area contributed by atoms with Gasteiger partial charge in [-0.05, 0) is 32.9 Å². The second-order valence-corrected chi connectivity index (χ2v) is 4.47. The lowest BCUT2D eigenvalue weighted by Crippen LogP contribution is -2.12. The number of nitrogens with one attached hydrogen (secondary N) is 1. The average molecular weight is 272 g/mol. The summed E-state index contributed by atoms with van der Waals surface area (Å²) in [7, 11) is 0. The quantitative estimate of drug-likeness (QED) is 0.819. The molecule has 0 amide bonds. The number of aryl methyl sites for hydroxylation is 1. The Hall–Kier alpha value is -2.01. The van der Waals surface area contributed by atoms with E-state index in [1.165, 1.54) is 0 Å². The highest BCUT2D eigenvalue weighted by Crippen LogP contribution is 2.20. The molecule has 20 heavy (non-hydrogen) atoms. The molecule has 0 aliphatic rings. The molecule has 2 rings (SSSR count). The summed E-state index contributed by atoms with van der Waals surface area (Å²) < 4.78 is 5.32. The van der Waals surface area contributed by atoms with Crippen LogP contribution in [-0.4, -0.2) is 34.7 Å². The summed E-state index contributed by atoms with van der Waals surface area (Å²) in [5.41, 5.74) is 2.95. The van der Waals surface area contributed by atoms with Gasteiger partial charge in [0.25, 0.3) is 0 Å². The summed E-state index contributed by atoms with van der Waals surface area (Å²) >= 11 is 0. The number of nitrogens with zero attached hydrogens (tertiary/aromatic N) is 3. The fourth-order valence-corrected chi connectivity index (χ4v) is 1.81. The Morgan fingerprint density at radius 3 is 2.80 bits per heavy atom. The van der Waals surface area contributed by atoms with Crippen molar-refractivity contribution in [1.82, 2.24) is 15.0 Å². The molecule has 2 aromatic rings. The van der Waals surface area contributed by atoms with Crippen LogP contribution in [0.2, 0.25) is 0 Å². The molecular formula is C15H20N4O. The molecule has 0 radical (unpaired) electrons. The van der Waals surface area contributed by atoms with Gasteiger partial charge >= 0.3 is 0 Å². The van der Waals surface area contributed by atoms with E-state index in [4.69, 9.17) is 4.74 Å². The second-order valence-electron chi connectivity index (χ2n) is 4.47. The third-order valence-corrected chi connectivity index (χ3v) is 3.05. The SMILES string of the molecule is CCOCCNc1nc(-c2cccnc2)nc(C)c1C. The van der Waals surface area contributed by atoms with Gasteiger partial charge in [-0.15, -0.1) is 0 Å². The van der Waals surface area contributed by atoms with Crippen molar-refractivity contribution in [2.75, 3.05) is 25.1 Å². The van der Waals surface area contributed by atoms with E-state index >= 15 is 0 Å². The zero-order valence-corrected chi connectivity index (χ0v) is 12.2. The van der Waals surface area contributed by atoms with Crippen LogP contribution in [0.15, 0.2) is 24.5 Å². The first kappa shape index (κ1) is 14.4. The summed E-state index contributed by atoms with van der Waals surface area (Å²) in [6.07, 6.45) is 3.51. The highest BCUT2D eigenvalue weighted by molar-refractivity contribution is 5.58. The summed E-state index contributed by atoms with van der Waals surface area (Å²) in [4.78, 5) is 13.2. The smallest absolute Gasteiger partial charge is 0.163 e. The fraction of sp³-hybridized carbons (Fsp3) is 0.400. The van der Waals surface area contributed by atoms with Gasteiger partial charge in [0.2, 0.25) is 0 Å². The van der Waals surface area contributed by atoms with Gasteiger partial charge in [0.15, 0.2) is 5.82 Å². The van der Waals surface area contributed by atoms with Crippen LogP contribution in [0.1, 0.15) is 18.2 Å².